The van der Waals surface area contributed by atoms with Gasteiger partial charge < -0.3 is 11.1 Å². The third-order valence-electron chi connectivity index (χ3n) is 3.60. The molecule has 118 valence electrons. The highest BCUT2D eigenvalue weighted by Gasteiger charge is 2.12. The van der Waals surface area contributed by atoms with E-state index < -0.39 is 0 Å². The van der Waals surface area contributed by atoms with Gasteiger partial charge in [-0.3, -0.25) is 9.89 Å². The van der Waals surface area contributed by atoms with Crippen LogP contribution >= 0.6 is 0 Å². The average molecular weight is 290 g/mol. The van der Waals surface area contributed by atoms with E-state index in [1.807, 2.05) is 12.1 Å². The molecule has 0 bridgehead atoms. The standard InChI is InChI=1S/C17H30N4/c1-6-15-7-9-16(10-8-15)20-17(18)19-11-12-21(13(2)3)14(4)5/h7-10,13-14H,6,11-12H2,1-5H3,(H3,18,19,20). The van der Waals surface area contributed by atoms with Gasteiger partial charge in [0, 0.05) is 24.3 Å². The number of hydrogen-bond donors (Lipinski definition) is 2. The SMILES string of the molecule is CCc1ccc(NC(N)=NCCN(C(C)C)C(C)C)cc1. The zero-order chi connectivity index (χ0) is 15.8. The number of rotatable bonds is 7. The Morgan fingerprint density at radius 2 is 1.71 bits per heavy atom. The first kappa shape index (κ1) is 17.5. The summed E-state index contributed by atoms with van der Waals surface area (Å²) < 4.78 is 0. The van der Waals surface area contributed by atoms with Crippen LogP contribution in [-0.2, 0) is 6.42 Å². The largest absolute Gasteiger partial charge is 0.370 e. The lowest BCUT2D eigenvalue weighted by molar-refractivity contribution is 0.181. The van der Waals surface area contributed by atoms with E-state index in [1.165, 1.54) is 5.56 Å². The molecule has 0 fully saturated rings. The molecule has 1 aromatic carbocycles. The molecule has 0 amide bonds. The molecule has 0 aliphatic rings. The minimum Gasteiger partial charge on any atom is -0.370 e. The van der Waals surface area contributed by atoms with Crippen LogP contribution < -0.4 is 11.1 Å². The monoisotopic (exact) mass is 290 g/mol. The maximum atomic E-state index is 5.94. The molecule has 0 heterocycles. The van der Waals surface area contributed by atoms with Crippen LogP contribution in [0.25, 0.3) is 0 Å². The number of guanidine groups is 1. The van der Waals surface area contributed by atoms with E-state index in [0.717, 1.165) is 18.7 Å². The van der Waals surface area contributed by atoms with E-state index in [-0.39, 0.29) is 0 Å². The minimum absolute atomic E-state index is 0.478. The molecule has 0 atom stereocenters. The molecule has 4 nitrogen and oxygen atoms in total. The van der Waals surface area contributed by atoms with E-state index >= 15 is 0 Å². The van der Waals surface area contributed by atoms with Gasteiger partial charge in [0.15, 0.2) is 5.96 Å². The Balaban J connectivity index is 2.48. The molecule has 4 heteroatoms. The zero-order valence-electron chi connectivity index (χ0n) is 14.1. The minimum atomic E-state index is 0.478. The van der Waals surface area contributed by atoms with Crippen molar-refractivity contribution in [2.75, 3.05) is 18.4 Å². The van der Waals surface area contributed by atoms with Crippen LogP contribution in [0, 0.1) is 0 Å². The van der Waals surface area contributed by atoms with Gasteiger partial charge in [0.05, 0.1) is 6.54 Å². The Bertz CT molecular complexity index is 427. The van der Waals surface area contributed by atoms with Crippen LogP contribution in [-0.4, -0.2) is 36.0 Å². The molecule has 1 rings (SSSR count). The van der Waals surface area contributed by atoms with E-state index in [0.29, 0.717) is 24.6 Å². The van der Waals surface area contributed by atoms with Crippen molar-refractivity contribution in [1.29, 1.82) is 0 Å². The van der Waals surface area contributed by atoms with Gasteiger partial charge in [-0.2, -0.15) is 0 Å². The van der Waals surface area contributed by atoms with Crippen molar-refractivity contribution in [1.82, 2.24) is 4.90 Å². The Kier molecular flexibility index (Phi) is 7.23. The molecule has 0 unspecified atom stereocenters. The van der Waals surface area contributed by atoms with Crippen LogP contribution in [0.3, 0.4) is 0 Å². The summed E-state index contributed by atoms with van der Waals surface area (Å²) in [7, 11) is 0. The fourth-order valence-corrected chi connectivity index (χ4v) is 2.41. The van der Waals surface area contributed by atoms with Crippen molar-refractivity contribution in [2.45, 2.75) is 53.1 Å². The quantitative estimate of drug-likeness (QED) is 0.599. The van der Waals surface area contributed by atoms with Gasteiger partial charge in [0.25, 0.3) is 0 Å². The average Bonchev–Trinajstić information content (AvgIpc) is 2.43. The van der Waals surface area contributed by atoms with Crippen LogP contribution in [0.4, 0.5) is 5.69 Å². The number of nitrogens with one attached hydrogen (secondary N) is 1. The van der Waals surface area contributed by atoms with Gasteiger partial charge >= 0.3 is 0 Å². The normalized spacial score (nSPS) is 12.5. The van der Waals surface area contributed by atoms with Gasteiger partial charge in [-0.15, -0.1) is 0 Å². The smallest absolute Gasteiger partial charge is 0.193 e. The van der Waals surface area contributed by atoms with Gasteiger partial charge in [-0.05, 0) is 51.8 Å². The number of aryl methyl sites for hydroxylation is 1. The fourth-order valence-electron chi connectivity index (χ4n) is 2.41. The number of benzene rings is 1. The van der Waals surface area contributed by atoms with Crippen molar-refractivity contribution in [3.63, 3.8) is 0 Å². The fraction of sp³-hybridized carbons (Fsp3) is 0.588. The molecule has 3 N–H and O–H groups in total. The maximum absolute atomic E-state index is 5.94. The zero-order valence-corrected chi connectivity index (χ0v) is 14.1. The molecule has 1 aromatic rings. The third-order valence-corrected chi connectivity index (χ3v) is 3.60. The molecular formula is C17H30N4. The third kappa shape index (κ3) is 6.17. The predicted molar refractivity (Wildman–Crippen MR) is 92.9 cm³/mol. The lowest BCUT2D eigenvalue weighted by Crippen LogP contribution is -2.39. The van der Waals surface area contributed by atoms with Crippen LogP contribution in [0.2, 0.25) is 0 Å². The molecule has 0 aliphatic carbocycles. The van der Waals surface area contributed by atoms with Crippen LogP contribution in [0.5, 0.6) is 0 Å². The van der Waals surface area contributed by atoms with Gasteiger partial charge in [-0.25, -0.2) is 0 Å². The first-order valence-corrected chi connectivity index (χ1v) is 7.85. The molecule has 0 spiro atoms. The summed E-state index contributed by atoms with van der Waals surface area (Å²) in [4.78, 5) is 6.82. The van der Waals surface area contributed by atoms with Crippen molar-refractivity contribution in [3.8, 4) is 0 Å². The summed E-state index contributed by atoms with van der Waals surface area (Å²) in [5.41, 5.74) is 8.24. The lowest BCUT2D eigenvalue weighted by atomic mass is 10.1. The van der Waals surface area contributed by atoms with Gasteiger partial charge in [0.1, 0.15) is 0 Å². The van der Waals surface area contributed by atoms with Crippen LogP contribution in [0.1, 0.15) is 40.2 Å². The summed E-state index contributed by atoms with van der Waals surface area (Å²) in [5.74, 6) is 0.478. The molecule has 0 radical (unpaired) electrons. The van der Waals surface area contributed by atoms with Gasteiger partial charge in [-0.1, -0.05) is 19.1 Å². The Morgan fingerprint density at radius 1 is 1.14 bits per heavy atom. The Morgan fingerprint density at radius 3 is 2.19 bits per heavy atom. The molecule has 0 saturated carbocycles. The molecule has 21 heavy (non-hydrogen) atoms. The molecule has 0 saturated heterocycles. The maximum Gasteiger partial charge on any atom is 0.193 e. The number of aliphatic imine (C=N–C) groups is 1. The Labute approximate surface area is 129 Å². The van der Waals surface area contributed by atoms with Crippen molar-refractivity contribution in [2.24, 2.45) is 10.7 Å². The highest BCUT2D eigenvalue weighted by molar-refractivity contribution is 5.92. The van der Waals surface area contributed by atoms with Crippen LogP contribution in [0.15, 0.2) is 29.3 Å². The van der Waals surface area contributed by atoms with Gasteiger partial charge in [0.2, 0.25) is 0 Å². The van der Waals surface area contributed by atoms with Crippen molar-refractivity contribution >= 4 is 11.6 Å². The number of hydrogen-bond acceptors (Lipinski definition) is 2. The first-order valence-electron chi connectivity index (χ1n) is 7.85. The summed E-state index contributed by atoms with van der Waals surface area (Å²) >= 11 is 0. The van der Waals surface area contributed by atoms with Crippen molar-refractivity contribution in [3.05, 3.63) is 29.8 Å². The number of nitrogens with two attached hydrogens (primary N) is 1. The molecular weight excluding hydrogens is 260 g/mol. The second-order valence-electron chi connectivity index (χ2n) is 5.87. The van der Waals surface area contributed by atoms with E-state index in [4.69, 9.17) is 5.73 Å². The van der Waals surface area contributed by atoms with E-state index in [9.17, 15) is 0 Å². The summed E-state index contributed by atoms with van der Waals surface area (Å²) in [6.45, 7) is 12.6. The highest BCUT2D eigenvalue weighted by Crippen LogP contribution is 2.09. The predicted octanol–water partition coefficient (Wildman–Crippen LogP) is 3.09. The van der Waals surface area contributed by atoms with E-state index in [1.54, 1.807) is 0 Å². The summed E-state index contributed by atoms with van der Waals surface area (Å²) in [6, 6.07) is 9.34. The molecule has 0 aliphatic heterocycles. The number of nitrogens with zero attached hydrogens (tertiary/aromatic N) is 2. The molecule has 0 aromatic heterocycles. The Hall–Kier alpha value is -1.55. The first-order chi connectivity index (χ1) is 9.93. The second kappa shape index (κ2) is 8.67. The van der Waals surface area contributed by atoms with Crippen molar-refractivity contribution < 1.29 is 0 Å². The second-order valence-corrected chi connectivity index (χ2v) is 5.87. The summed E-state index contributed by atoms with van der Waals surface area (Å²) in [5, 5.41) is 3.13. The topological polar surface area (TPSA) is 53.6 Å². The van der Waals surface area contributed by atoms with E-state index in [2.05, 4.69) is 62.0 Å². The number of anilines is 1. The highest BCUT2D eigenvalue weighted by atomic mass is 15.2. The lowest BCUT2D eigenvalue weighted by Gasteiger charge is -2.29. The summed E-state index contributed by atoms with van der Waals surface area (Å²) in [6.07, 6.45) is 1.05.